The number of aromatic hydroxyl groups is 1. The van der Waals surface area contributed by atoms with Crippen LogP contribution in [0.4, 0.5) is 13.2 Å². The maximum absolute atomic E-state index is 13.2. The number of carbonyl (C=O) groups excluding carboxylic acids is 1. The number of carboxylic acids is 1. The maximum Gasteiger partial charge on any atom is 0.433 e. The van der Waals surface area contributed by atoms with Crippen LogP contribution in [0.1, 0.15) is 38.7 Å². The van der Waals surface area contributed by atoms with E-state index in [4.69, 9.17) is 5.11 Å². The van der Waals surface area contributed by atoms with Gasteiger partial charge in [-0.05, 0) is 35.7 Å². The van der Waals surface area contributed by atoms with Gasteiger partial charge in [0.25, 0.3) is 11.5 Å². The van der Waals surface area contributed by atoms with E-state index in [0.29, 0.717) is 11.1 Å². The number of nitrogens with one attached hydrogen (secondary N) is 1. The highest BCUT2D eigenvalue weighted by Crippen LogP contribution is 2.37. The third-order valence-corrected chi connectivity index (χ3v) is 5.58. The summed E-state index contributed by atoms with van der Waals surface area (Å²) < 4.78 is 39.8. The molecule has 1 amide bonds. The summed E-state index contributed by atoms with van der Waals surface area (Å²) >= 11 is 0. The van der Waals surface area contributed by atoms with Crippen molar-refractivity contribution in [1.29, 1.82) is 5.26 Å². The fourth-order valence-electron chi connectivity index (χ4n) is 4.10. The summed E-state index contributed by atoms with van der Waals surface area (Å²) in [7, 11) is 0. The Hall–Kier alpha value is -4.40. The molecule has 0 saturated heterocycles. The Morgan fingerprint density at radius 2 is 2.03 bits per heavy atom. The van der Waals surface area contributed by atoms with Crippen LogP contribution in [-0.2, 0) is 23.9 Å². The lowest BCUT2D eigenvalue weighted by atomic mass is 9.87. The zero-order chi connectivity index (χ0) is 24.8. The number of benzene rings is 1. The van der Waals surface area contributed by atoms with Crippen molar-refractivity contribution in [3.05, 3.63) is 68.8 Å². The van der Waals surface area contributed by atoms with Gasteiger partial charge in [-0.2, -0.15) is 18.4 Å². The summed E-state index contributed by atoms with van der Waals surface area (Å²) in [4.78, 5) is 40.0. The van der Waals surface area contributed by atoms with E-state index in [1.807, 2.05) is 11.4 Å². The number of carboxylic acid groups (broad SMARTS) is 1. The minimum atomic E-state index is -4.61. The van der Waals surface area contributed by atoms with E-state index in [1.54, 1.807) is 0 Å². The van der Waals surface area contributed by atoms with Crippen LogP contribution in [-0.4, -0.2) is 38.2 Å². The van der Waals surface area contributed by atoms with Crippen molar-refractivity contribution < 1.29 is 33.0 Å². The highest BCUT2D eigenvalue weighted by Gasteiger charge is 2.33. The molecule has 0 bridgehead atoms. The Labute approximate surface area is 188 Å². The molecule has 1 aliphatic rings. The fourth-order valence-corrected chi connectivity index (χ4v) is 4.10. The lowest BCUT2D eigenvalue weighted by molar-refractivity contribution is -0.141. The maximum atomic E-state index is 13.2. The average molecular weight is 472 g/mol. The van der Waals surface area contributed by atoms with Gasteiger partial charge in [0.05, 0.1) is 17.1 Å². The van der Waals surface area contributed by atoms with Gasteiger partial charge in [0.2, 0.25) is 0 Å². The summed E-state index contributed by atoms with van der Waals surface area (Å²) in [5.41, 5.74) is -1.36. The van der Waals surface area contributed by atoms with Crippen LogP contribution in [0.2, 0.25) is 0 Å². The van der Waals surface area contributed by atoms with Crippen LogP contribution in [0.15, 0.2) is 35.3 Å². The molecule has 174 valence electrons. The van der Waals surface area contributed by atoms with Crippen molar-refractivity contribution in [2.75, 3.05) is 6.54 Å². The number of carbonyl (C=O) groups is 2. The van der Waals surface area contributed by atoms with Crippen molar-refractivity contribution >= 4 is 22.8 Å². The summed E-state index contributed by atoms with van der Waals surface area (Å²) in [6.07, 6.45) is -3.31. The minimum absolute atomic E-state index is 0.0409. The fraction of sp³-hybridized carbons (Fsp3) is 0.227. The smallest absolute Gasteiger partial charge is 0.433 e. The van der Waals surface area contributed by atoms with Crippen LogP contribution in [0.5, 0.6) is 5.75 Å². The molecule has 0 saturated carbocycles. The van der Waals surface area contributed by atoms with Gasteiger partial charge in [0.1, 0.15) is 23.6 Å². The molecule has 12 heteroatoms. The van der Waals surface area contributed by atoms with Gasteiger partial charge in [0, 0.05) is 24.0 Å². The molecule has 0 spiro atoms. The van der Waals surface area contributed by atoms with Gasteiger partial charge in [-0.1, -0.05) is 6.07 Å². The van der Waals surface area contributed by atoms with E-state index in [-0.39, 0.29) is 29.4 Å². The molecule has 0 aliphatic carbocycles. The molecule has 34 heavy (non-hydrogen) atoms. The first-order chi connectivity index (χ1) is 16.0. The Bertz CT molecular complexity index is 1440. The van der Waals surface area contributed by atoms with E-state index in [9.17, 15) is 37.9 Å². The highest BCUT2D eigenvalue weighted by atomic mass is 19.4. The van der Waals surface area contributed by atoms with Gasteiger partial charge in [0.15, 0.2) is 0 Å². The van der Waals surface area contributed by atoms with Crippen molar-refractivity contribution in [1.82, 2.24) is 14.9 Å². The summed E-state index contributed by atoms with van der Waals surface area (Å²) in [5, 5.41) is 31.0. The van der Waals surface area contributed by atoms with Gasteiger partial charge in [-0.3, -0.25) is 19.4 Å². The van der Waals surface area contributed by atoms with E-state index >= 15 is 0 Å². The first kappa shape index (κ1) is 22.8. The molecule has 3 aromatic rings. The summed E-state index contributed by atoms with van der Waals surface area (Å²) in [6, 6.07) is 6.82. The molecule has 4 rings (SSSR count). The SMILES string of the molecule is N#Cc1cc2c3c(c1)c(O)c(C(=O)NCC(=O)O)c(=O)n3CC(c1ccc(C(F)(F)F)nc1)C2. The monoisotopic (exact) mass is 472 g/mol. The number of halogens is 3. The third kappa shape index (κ3) is 3.92. The van der Waals surface area contributed by atoms with Gasteiger partial charge >= 0.3 is 12.1 Å². The number of rotatable bonds is 4. The molecular formula is C22H15F3N4O5. The molecule has 3 heterocycles. The van der Waals surface area contributed by atoms with Crippen LogP contribution in [0, 0.1) is 11.3 Å². The van der Waals surface area contributed by atoms with Gasteiger partial charge in [-0.25, -0.2) is 0 Å². The molecule has 0 radical (unpaired) electrons. The highest BCUT2D eigenvalue weighted by molar-refractivity contribution is 6.04. The zero-order valence-corrected chi connectivity index (χ0v) is 17.2. The third-order valence-electron chi connectivity index (χ3n) is 5.58. The van der Waals surface area contributed by atoms with Crippen molar-refractivity contribution in [2.24, 2.45) is 0 Å². The number of aliphatic carboxylic acids is 1. The Balaban J connectivity index is 1.86. The van der Waals surface area contributed by atoms with Gasteiger partial charge < -0.3 is 20.1 Å². The molecule has 9 nitrogen and oxygen atoms in total. The van der Waals surface area contributed by atoms with E-state index in [2.05, 4.69) is 4.98 Å². The predicted octanol–water partition coefficient (Wildman–Crippen LogP) is 2.15. The number of aromatic nitrogens is 2. The number of nitriles is 1. The topological polar surface area (TPSA) is 145 Å². The molecule has 1 atom stereocenters. The van der Waals surface area contributed by atoms with Crippen molar-refractivity contribution in [3.63, 3.8) is 0 Å². The van der Waals surface area contributed by atoms with Crippen molar-refractivity contribution in [2.45, 2.75) is 25.1 Å². The van der Waals surface area contributed by atoms with Gasteiger partial charge in [-0.15, -0.1) is 0 Å². The lowest BCUT2D eigenvalue weighted by Gasteiger charge is -2.28. The van der Waals surface area contributed by atoms with E-state index < -0.39 is 53.1 Å². The number of alkyl halides is 3. The molecule has 0 fully saturated rings. The van der Waals surface area contributed by atoms with Crippen LogP contribution in [0.3, 0.4) is 0 Å². The lowest BCUT2D eigenvalue weighted by Crippen LogP contribution is -2.37. The number of amides is 1. The zero-order valence-electron chi connectivity index (χ0n) is 17.2. The molecule has 1 unspecified atom stereocenters. The second-order valence-corrected chi connectivity index (χ2v) is 7.73. The minimum Gasteiger partial charge on any atom is -0.506 e. The molecule has 3 N–H and O–H groups in total. The normalized spacial score (nSPS) is 15.1. The number of nitrogens with zero attached hydrogens (tertiary/aromatic N) is 3. The quantitative estimate of drug-likeness (QED) is 0.528. The largest absolute Gasteiger partial charge is 0.506 e. The average Bonchev–Trinajstić information content (AvgIpc) is 2.79. The van der Waals surface area contributed by atoms with Crippen LogP contribution >= 0.6 is 0 Å². The van der Waals surface area contributed by atoms with E-state index in [0.717, 1.165) is 12.3 Å². The molecule has 2 aromatic heterocycles. The van der Waals surface area contributed by atoms with E-state index in [1.165, 1.54) is 22.8 Å². The molecular weight excluding hydrogens is 457 g/mol. The second-order valence-electron chi connectivity index (χ2n) is 7.73. The van der Waals surface area contributed by atoms with Crippen LogP contribution in [0.25, 0.3) is 10.9 Å². The van der Waals surface area contributed by atoms with Crippen LogP contribution < -0.4 is 10.9 Å². The first-order valence-corrected chi connectivity index (χ1v) is 9.87. The Morgan fingerprint density at radius 1 is 1.29 bits per heavy atom. The second kappa shape index (κ2) is 8.18. The summed E-state index contributed by atoms with van der Waals surface area (Å²) in [6.45, 7) is -0.833. The molecule has 1 aromatic carbocycles. The number of hydrogen-bond donors (Lipinski definition) is 3. The predicted molar refractivity (Wildman–Crippen MR) is 110 cm³/mol. The van der Waals surface area contributed by atoms with Crippen molar-refractivity contribution in [3.8, 4) is 11.8 Å². The first-order valence-electron chi connectivity index (χ1n) is 9.87. The molecule has 1 aliphatic heterocycles. The Morgan fingerprint density at radius 3 is 2.62 bits per heavy atom. The Kier molecular flexibility index (Phi) is 5.48. The number of hydrogen-bond acceptors (Lipinski definition) is 6. The number of pyridine rings is 2. The standard InChI is InChI=1S/C22H15F3N4O5/c23-22(24,25)15-2-1-11(7-27-15)13-5-12-3-10(6-26)4-14-18(12)29(9-13)21(34)17(19(14)32)20(33)28-8-16(30)31/h1-4,7,13,32H,5,8-9H2,(H,28,33)(H,30,31). The summed E-state index contributed by atoms with van der Waals surface area (Å²) in [5.74, 6) is -3.68.